The van der Waals surface area contributed by atoms with E-state index in [1.807, 2.05) is 80.7 Å². The number of nitrogens with one attached hydrogen (secondary N) is 4. The first-order valence-corrected chi connectivity index (χ1v) is 15.4. The van der Waals surface area contributed by atoms with Crippen LogP contribution in [0, 0.1) is 5.92 Å². The number of amides is 2. The van der Waals surface area contributed by atoms with E-state index < -0.39 is 23.7 Å². The quantitative estimate of drug-likeness (QED) is 0.202. The lowest BCUT2D eigenvalue weighted by Crippen LogP contribution is -2.45. The number of aromatic nitrogens is 2. The predicted octanol–water partition coefficient (Wildman–Crippen LogP) is 4.30. The Balaban J connectivity index is 1.27. The molecule has 0 fully saturated rings. The van der Waals surface area contributed by atoms with Gasteiger partial charge in [-0.2, -0.15) is 0 Å². The number of nitrogens with zero attached hydrogens (tertiary/aromatic N) is 1. The molecule has 10 heteroatoms. The van der Waals surface area contributed by atoms with Crippen LogP contribution in [0.2, 0.25) is 0 Å². The van der Waals surface area contributed by atoms with Crippen molar-refractivity contribution in [2.75, 3.05) is 11.9 Å². The Morgan fingerprint density at radius 1 is 1.09 bits per heavy atom. The molecule has 3 aliphatic rings. The SMILES string of the molecule is CC(C)[C@@H]1NC(=O)[C@@H](N)Cc2ccc3c(c2)C2(c4ccccc4NC2O3)c2oc1nc2C(=O)NCCc1c[nH]c2ccccc12. The van der Waals surface area contributed by atoms with Crippen LogP contribution in [0.4, 0.5) is 5.69 Å². The summed E-state index contributed by atoms with van der Waals surface area (Å²) in [6.07, 6.45) is 2.37. The molecule has 6 N–H and O–H groups in total. The molecule has 5 aromatic rings. The van der Waals surface area contributed by atoms with Crippen LogP contribution in [0.5, 0.6) is 5.75 Å². The molecule has 0 saturated carbocycles. The van der Waals surface area contributed by atoms with E-state index in [4.69, 9.17) is 19.9 Å². The van der Waals surface area contributed by atoms with Crippen LogP contribution >= 0.6 is 0 Å². The highest BCUT2D eigenvalue weighted by Crippen LogP contribution is 2.58. The summed E-state index contributed by atoms with van der Waals surface area (Å²) in [7, 11) is 0. The largest absolute Gasteiger partial charge is 0.469 e. The minimum Gasteiger partial charge on any atom is -0.469 e. The number of carbonyl (C=O) groups is 2. The lowest BCUT2D eigenvalue weighted by atomic mass is 9.72. The monoisotopic (exact) mass is 602 g/mol. The van der Waals surface area contributed by atoms with Crippen molar-refractivity contribution in [2.24, 2.45) is 11.7 Å². The number of oxazole rings is 1. The number of hydrogen-bond donors (Lipinski definition) is 5. The Kier molecular flexibility index (Phi) is 6.25. The van der Waals surface area contributed by atoms with Gasteiger partial charge in [0, 0.05) is 34.9 Å². The van der Waals surface area contributed by atoms with Crippen molar-refractivity contribution in [3.8, 4) is 5.75 Å². The van der Waals surface area contributed by atoms with Gasteiger partial charge in [0.25, 0.3) is 5.91 Å². The number of anilines is 1. The van der Waals surface area contributed by atoms with Crippen LogP contribution in [0.1, 0.15) is 64.3 Å². The van der Waals surface area contributed by atoms with E-state index in [0.717, 1.165) is 38.8 Å². The van der Waals surface area contributed by atoms with Gasteiger partial charge in [0.1, 0.15) is 17.2 Å². The van der Waals surface area contributed by atoms with Gasteiger partial charge >= 0.3 is 0 Å². The van der Waals surface area contributed by atoms with Crippen molar-refractivity contribution in [3.05, 3.63) is 113 Å². The van der Waals surface area contributed by atoms with Crippen LogP contribution in [0.25, 0.3) is 10.9 Å². The molecule has 2 aromatic heterocycles. The van der Waals surface area contributed by atoms with E-state index in [2.05, 4.69) is 27.0 Å². The molecule has 0 aliphatic carbocycles. The summed E-state index contributed by atoms with van der Waals surface area (Å²) in [6, 6.07) is 20.5. The van der Waals surface area contributed by atoms with Gasteiger partial charge in [0.2, 0.25) is 11.8 Å². The Morgan fingerprint density at radius 3 is 2.78 bits per heavy atom. The Hall–Kier alpha value is -5.09. The summed E-state index contributed by atoms with van der Waals surface area (Å²) in [4.78, 5) is 35.6. The Bertz CT molecular complexity index is 1980. The zero-order chi connectivity index (χ0) is 30.9. The molecule has 4 bridgehead atoms. The normalized spacial score (nSPS) is 22.9. The molecule has 5 heterocycles. The minimum atomic E-state index is -1.01. The summed E-state index contributed by atoms with van der Waals surface area (Å²) in [5.41, 5.74) is 11.3. The Morgan fingerprint density at radius 2 is 1.91 bits per heavy atom. The zero-order valence-electron chi connectivity index (χ0n) is 25.0. The number of benzene rings is 3. The topological polar surface area (TPSA) is 147 Å². The van der Waals surface area contributed by atoms with Crippen molar-refractivity contribution >= 4 is 28.4 Å². The maximum Gasteiger partial charge on any atom is 0.273 e. The smallest absolute Gasteiger partial charge is 0.273 e. The average molecular weight is 603 g/mol. The van der Waals surface area contributed by atoms with Crippen molar-refractivity contribution in [1.82, 2.24) is 20.6 Å². The first kappa shape index (κ1) is 27.5. The average Bonchev–Trinajstić information content (AvgIpc) is 3.79. The second-order valence-electron chi connectivity index (χ2n) is 12.5. The van der Waals surface area contributed by atoms with Crippen molar-refractivity contribution in [2.45, 2.75) is 50.4 Å². The third-order valence-electron chi connectivity index (χ3n) is 9.34. The second-order valence-corrected chi connectivity index (χ2v) is 12.5. The van der Waals surface area contributed by atoms with E-state index in [1.165, 1.54) is 0 Å². The molecule has 1 spiro atoms. The number of carbonyl (C=O) groups excluding carboxylic acids is 2. The van der Waals surface area contributed by atoms with Gasteiger partial charge in [-0.05, 0) is 53.6 Å². The summed E-state index contributed by atoms with van der Waals surface area (Å²) in [5, 5.41) is 10.8. The molecule has 2 unspecified atom stereocenters. The van der Waals surface area contributed by atoms with E-state index in [9.17, 15) is 9.59 Å². The van der Waals surface area contributed by atoms with Gasteiger partial charge < -0.3 is 35.8 Å². The number of fused-ring (bicyclic) bond motifs is 5. The van der Waals surface area contributed by atoms with Gasteiger partial charge in [-0.25, -0.2) is 4.98 Å². The number of para-hydroxylation sites is 2. The molecule has 10 nitrogen and oxygen atoms in total. The molecule has 3 aromatic carbocycles. The summed E-state index contributed by atoms with van der Waals surface area (Å²) >= 11 is 0. The molecule has 8 rings (SSSR count). The summed E-state index contributed by atoms with van der Waals surface area (Å²) < 4.78 is 13.3. The van der Waals surface area contributed by atoms with Crippen molar-refractivity contribution in [1.29, 1.82) is 0 Å². The highest BCUT2D eigenvalue weighted by atomic mass is 16.5. The molecular formula is C35H34N6O4. The molecule has 0 radical (unpaired) electrons. The first-order valence-electron chi connectivity index (χ1n) is 15.4. The van der Waals surface area contributed by atoms with E-state index >= 15 is 0 Å². The fourth-order valence-electron chi connectivity index (χ4n) is 7.10. The molecule has 45 heavy (non-hydrogen) atoms. The second kappa shape index (κ2) is 10.2. The van der Waals surface area contributed by atoms with Gasteiger partial charge in [-0.1, -0.05) is 62.4 Å². The van der Waals surface area contributed by atoms with E-state index in [-0.39, 0.29) is 29.3 Å². The highest BCUT2D eigenvalue weighted by Gasteiger charge is 2.61. The van der Waals surface area contributed by atoms with Crippen LogP contribution in [-0.4, -0.2) is 40.6 Å². The summed E-state index contributed by atoms with van der Waals surface area (Å²) in [5.74, 6) is 0.544. The number of ether oxygens (including phenoxy) is 1. The molecule has 228 valence electrons. The van der Waals surface area contributed by atoms with E-state index in [1.54, 1.807) is 0 Å². The van der Waals surface area contributed by atoms with Crippen molar-refractivity contribution < 1.29 is 18.7 Å². The predicted molar refractivity (Wildman–Crippen MR) is 169 cm³/mol. The van der Waals surface area contributed by atoms with Crippen LogP contribution < -0.4 is 26.4 Å². The number of H-pyrrole nitrogens is 1. The maximum absolute atomic E-state index is 14.2. The van der Waals surface area contributed by atoms with Crippen LogP contribution in [0.15, 0.2) is 77.3 Å². The Labute approximate surface area is 259 Å². The number of nitrogens with two attached hydrogens (primary N) is 1. The fourth-order valence-corrected chi connectivity index (χ4v) is 7.10. The molecular weight excluding hydrogens is 568 g/mol. The van der Waals surface area contributed by atoms with Gasteiger partial charge in [-0.15, -0.1) is 0 Å². The number of rotatable bonds is 5. The van der Waals surface area contributed by atoms with Crippen molar-refractivity contribution in [3.63, 3.8) is 0 Å². The lowest BCUT2D eigenvalue weighted by Gasteiger charge is -2.28. The molecule has 4 atom stereocenters. The zero-order valence-corrected chi connectivity index (χ0v) is 25.0. The van der Waals surface area contributed by atoms with Crippen LogP contribution in [0.3, 0.4) is 0 Å². The number of aromatic amines is 1. The lowest BCUT2D eigenvalue weighted by molar-refractivity contribution is -0.123. The molecule has 3 aliphatic heterocycles. The first-order chi connectivity index (χ1) is 21.8. The highest BCUT2D eigenvalue weighted by molar-refractivity contribution is 5.95. The van der Waals surface area contributed by atoms with E-state index in [0.29, 0.717) is 30.9 Å². The van der Waals surface area contributed by atoms with Gasteiger partial charge in [0.15, 0.2) is 17.7 Å². The van der Waals surface area contributed by atoms with Gasteiger partial charge in [0.05, 0.1) is 6.04 Å². The minimum absolute atomic E-state index is 0.0936. The third kappa shape index (κ3) is 4.16. The number of hydrogen-bond acceptors (Lipinski definition) is 7. The molecule has 0 saturated heterocycles. The maximum atomic E-state index is 14.2. The summed E-state index contributed by atoms with van der Waals surface area (Å²) in [6.45, 7) is 4.34. The fraction of sp³-hybridized carbons (Fsp3) is 0.286. The standard InChI is InChI=1S/C35H34N6O4/c1-18(2)28-33-41-29(32(43)37-14-13-20-17-38-25-9-5-3-7-21(20)25)30(45-33)35-22-8-4-6-10-26(22)39-34(35)44-27-12-11-19(15-23(27)35)16-24(36)31(42)40-28/h3-12,15,17-18,24,28,34,38-39H,13-14,16,36H2,1-2H3,(H,37,43)(H,40,42)/t24-,28-,34?,35?/m0/s1. The van der Waals surface area contributed by atoms with Gasteiger partial charge in [-0.3, -0.25) is 9.59 Å². The third-order valence-corrected chi connectivity index (χ3v) is 9.34. The van der Waals surface area contributed by atoms with Crippen LogP contribution in [-0.2, 0) is 23.1 Å². The molecule has 2 amide bonds.